The van der Waals surface area contributed by atoms with E-state index >= 15 is 0 Å². The Bertz CT molecular complexity index is 2880. The first-order valence-electron chi connectivity index (χ1n) is 26.9. The summed E-state index contributed by atoms with van der Waals surface area (Å²) in [5.74, 6) is -0.916. The number of carbonyl (C=O) groups is 4. The van der Waals surface area contributed by atoms with Crippen LogP contribution in [0.25, 0.3) is 21.6 Å². The van der Waals surface area contributed by atoms with Crippen molar-refractivity contribution in [1.29, 1.82) is 0 Å². The van der Waals surface area contributed by atoms with E-state index in [9.17, 15) is 29.1 Å². The number of β-amino-alcohol motifs (C(OH)–C–C–N with tert-alkyl or cyclic N) is 1. The van der Waals surface area contributed by atoms with Crippen LogP contribution in [0.4, 0.5) is 5.69 Å². The van der Waals surface area contributed by atoms with Crippen molar-refractivity contribution in [2.45, 2.75) is 112 Å². The summed E-state index contributed by atoms with van der Waals surface area (Å²) in [5, 5.41) is 19.3. The molecule has 1 unspecified atom stereocenters. The van der Waals surface area contributed by atoms with Gasteiger partial charge >= 0.3 is 0 Å². The maximum Gasteiger partial charge on any atom is 0.253 e. The fourth-order valence-electron chi connectivity index (χ4n) is 9.94. The molecule has 0 spiro atoms. The second kappa shape index (κ2) is 27.9. The highest BCUT2D eigenvalue weighted by molar-refractivity contribution is 7.13. The van der Waals surface area contributed by atoms with Crippen molar-refractivity contribution in [3.63, 3.8) is 0 Å². The highest BCUT2D eigenvalue weighted by Gasteiger charge is 2.44. The van der Waals surface area contributed by atoms with E-state index in [0.29, 0.717) is 56.5 Å². The Morgan fingerprint density at radius 2 is 1.53 bits per heavy atom. The van der Waals surface area contributed by atoms with Crippen molar-refractivity contribution in [1.82, 2.24) is 30.8 Å². The summed E-state index contributed by atoms with van der Waals surface area (Å²) >= 11 is 1.57. The monoisotopic (exact) mass is 1090 g/mol. The number of amides is 4. The average Bonchev–Trinajstić information content (AvgIpc) is 4.13. The van der Waals surface area contributed by atoms with Crippen LogP contribution in [0, 0.1) is 33.1 Å². The molecule has 3 aromatic carbocycles. The van der Waals surface area contributed by atoms with Gasteiger partial charge in [-0.1, -0.05) is 57.2 Å². The quantitative estimate of drug-likeness (QED) is 0.0391. The Balaban J connectivity index is 0.816. The lowest BCUT2D eigenvalue weighted by atomic mass is 9.85. The van der Waals surface area contributed by atoms with Crippen LogP contribution < -0.4 is 31.1 Å². The zero-order chi connectivity index (χ0) is 55.9. The highest BCUT2D eigenvalue weighted by atomic mass is 32.1. The van der Waals surface area contributed by atoms with E-state index in [4.69, 9.17) is 23.7 Å². The summed E-state index contributed by atoms with van der Waals surface area (Å²) in [7, 11) is 0. The van der Waals surface area contributed by atoms with E-state index in [1.54, 1.807) is 11.3 Å². The fraction of sp³-hybridized carbons (Fsp3) is 0.492. The van der Waals surface area contributed by atoms with E-state index in [-0.39, 0.29) is 69.3 Å². The number of nitrogens with zero attached hydrogens (tertiary/aromatic N) is 3. The maximum atomic E-state index is 14.0. The molecule has 4 heterocycles. The van der Waals surface area contributed by atoms with E-state index < -0.39 is 35.4 Å². The molecule has 4 amide bonds. The van der Waals surface area contributed by atoms with Crippen LogP contribution in [0.3, 0.4) is 0 Å². The number of anilines is 1. The molecule has 78 heavy (non-hydrogen) atoms. The molecular formula is C59H77N7O11S. The van der Waals surface area contributed by atoms with Gasteiger partial charge in [0.15, 0.2) is 0 Å². The van der Waals surface area contributed by atoms with Crippen LogP contribution >= 0.6 is 11.3 Å². The first-order chi connectivity index (χ1) is 37.4. The van der Waals surface area contributed by atoms with Crippen molar-refractivity contribution in [2.24, 2.45) is 5.41 Å². The zero-order valence-corrected chi connectivity index (χ0v) is 47.1. The van der Waals surface area contributed by atoms with Gasteiger partial charge < -0.3 is 59.5 Å². The third-order valence-corrected chi connectivity index (χ3v) is 15.2. The van der Waals surface area contributed by atoms with Crippen molar-refractivity contribution in [2.75, 3.05) is 77.5 Å². The topological polar surface area (TPSA) is 223 Å². The molecule has 2 aliphatic rings. The van der Waals surface area contributed by atoms with Crippen molar-refractivity contribution < 1.29 is 48.0 Å². The smallest absolute Gasteiger partial charge is 0.253 e. The predicted octanol–water partition coefficient (Wildman–Crippen LogP) is 6.57. The Morgan fingerprint density at radius 3 is 2.17 bits per heavy atom. The summed E-state index contributed by atoms with van der Waals surface area (Å²) in [4.78, 5) is 79.2. The van der Waals surface area contributed by atoms with Gasteiger partial charge in [0.25, 0.3) is 11.5 Å². The second-order valence-electron chi connectivity index (χ2n) is 21.0. The molecule has 7 rings (SSSR count). The molecular weight excluding hydrogens is 1010 g/mol. The molecule has 0 bridgehead atoms. The molecule has 2 aliphatic heterocycles. The maximum absolute atomic E-state index is 14.0. The number of H-pyrrole nitrogens is 1. The Hall–Kier alpha value is -6.48. The van der Waals surface area contributed by atoms with E-state index in [0.717, 1.165) is 74.7 Å². The van der Waals surface area contributed by atoms with Gasteiger partial charge in [0.1, 0.15) is 31.0 Å². The predicted molar refractivity (Wildman–Crippen MR) is 301 cm³/mol. The number of hydrogen-bond acceptors (Lipinski definition) is 14. The number of aryl methyl sites for hydroxylation is 3. The third kappa shape index (κ3) is 15.8. The summed E-state index contributed by atoms with van der Waals surface area (Å²) in [5.41, 5.74) is 10.1. The summed E-state index contributed by atoms with van der Waals surface area (Å²) in [6, 6.07) is 20.0. The molecule has 19 heteroatoms. The van der Waals surface area contributed by atoms with Crippen LogP contribution in [-0.4, -0.2) is 140 Å². The van der Waals surface area contributed by atoms with Crippen LogP contribution in [0.2, 0.25) is 0 Å². The van der Waals surface area contributed by atoms with Crippen LogP contribution in [0.15, 0.2) is 77.0 Å². The number of benzene rings is 3. The van der Waals surface area contributed by atoms with Crippen LogP contribution in [-0.2, 0) is 46.4 Å². The van der Waals surface area contributed by atoms with E-state index in [1.807, 2.05) is 115 Å². The third-order valence-electron chi connectivity index (χ3n) is 14.2. The van der Waals surface area contributed by atoms with Gasteiger partial charge in [-0.2, -0.15) is 0 Å². The SMILES string of the molecule is CCN(c1cc(-c2ccc(OCCOCCOCCOCC(=O)NC(C(=O)N3C[C@H](O)C[C@H]3C(=O)NCc3ccc(-c4scnc4C)cc3)C(C)(C)C)cc2)cc(C(=O)NCc2c(C)cc(C)[nH]c2=O)c1C)C1CCOCC1. The van der Waals surface area contributed by atoms with Crippen LogP contribution in [0.1, 0.15) is 91.0 Å². The van der Waals surface area contributed by atoms with Gasteiger partial charge in [-0.05, 0) is 117 Å². The molecule has 0 radical (unpaired) electrons. The molecule has 0 aliphatic carbocycles. The number of nitrogens with one attached hydrogen (secondary N) is 4. The Morgan fingerprint density at radius 1 is 0.859 bits per heavy atom. The van der Waals surface area contributed by atoms with Crippen molar-refractivity contribution in [3.8, 4) is 27.3 Å². The van der Waals surface area contributed by atoms with Gasteiger partial charge in [-0.3, -0.25) is 24.0 Å². The number of thiazole rings is 1. The molecule has 5 N–H and O–H groups in total. The van der Waals surface area contributed by atoms with Gasteiger partial charge in [0.2, 0.25) is 17.7 Å². The van der Waals surface area contributed by atoms with Crippen LogP contribution in [0.5, 0.6) is 5.75 Å². The molecule has 2 aromatic heterocycles. The average molecular weight is 1090 g/mol. The number of pyridine rings is 1. The van der Waals surface area contributed by atoms with Gasteiger partial charge in [0.05, 0.1) is 55.2 Å². The molecule has 5 aromatic rings. The molecule has 0 saturated carbocycles. The Kier molecular flexibility index (Phi) is 21.2. The van der Waals surface area contributed by atoms with Crippen molar-refractivity contribution in [3.05, 3.63) is 122 Å². The lowest BCUT2D eigenvalue weighted by Crippen LogP contribution is -2.58. The van der Waals surface area contributed by atoms with Gasteiger partial charge in [0, 0.05) is 74.4 Å². The minimum atomic E-state index is -0.980. The van der Waals surface area contributed by atoms with E-state index in [2.05, 4.69) is 43.8 Å². The van der Waals surface area contributed by atoms with Crippen molar-refractivity contribution >= 4 is 40.7 Å². The number of likely N-dealkylation sites (tertiary alicyclic amines) is 1. The first-order valence-corrected chi connectivity index (χ1v) is 27.8. The fourth-order valence-corrected chi connectivity index (χ4v) is 10.7. The largest absolute Gasteiger partial charge is 0.491 e. The lowest BCUT2D eigenvalue weighted by molar-refractivity contribution is -0.144. The summed E-state index contributed by atoms with van der Waals surface area (Å²) < 4.78 is 28.6. The number of aliphatic hydroxyl groups is 1. The standard InChI is InChI=1S/C59H77N7O11S/c1-9-65(45-18-20-73-21-19-45)50-30-44(29-48(39(50)4)55(69)61-33-49-37(2)28-38(3)63-56(49)70)42-14-16-47(17-15-42)77-27-26-75-23-22-74-24-25-76-35-52(68)64-54(59(6,7)8)58(72)66-34-46(67)31-51(66)57(71)60-32-41-10-12-43(13-11-41)53-40(5)62-36-78-53/h10-17,28-30,36,45-46,51,54,67H,9,18-27,31-35H2,1-8H3,(H,60,71)(H,61,69)(H,63,70)(H,64,68)/t46-,51+,54?/m1/s1. The number of hydrogen-bond donors (Lipinski definition) is 5. The highest BCUT2D eigenvalue weighted by Crippen LogP contribution is 2.35. The molecule has 2 fully saturated rings. The van der Waals surface area contributed by atoms with E-state index in [1.165, 1.54) is 4.90 Å². The Labute approximate surface area is 461 Å². The number of aromatic amines is 1. The first kappa shape index (κ1) is 59.2. The number of ether oxygens (including phenoxy) is 5. The zero-order valence-electron chi connectivity index (χ0n) is 46.3. The number of rotatable bonds is 25. The van der Waals surface area contributed by atoms with Gasteiger partial charge in [-0.25, -0.2) is 4.98 Å². The summed E-state index contributed by atoms with van der Waals surface area (Å²) in [6.07, 6.45) is 0.997. The van der Waals surface area contributed by atoms with Gasteiger partial charge in [-0.15, -0.1) is 11.3 Å². The molecule has 2 saturated heterocycles. The molecule has 18 nitrogen and oxygen atoms in total. The lowest BCUT2D eigenvalue weighted by Gasteiger charge is -2.37. The number of aromatic nitrogens is 2. The summed E-state index contributed by atoms with van der Waals surface area (Å²) in [6.45, 7) is 19.0. The molecule has 3 atom stereocenters. The minimum absolute atomic E-state index is 0.0263. The molecule has 420 valence electrons. The second-order valence-corrected chi connectivity index (χ2v) is 21.9. The number of carbonyl (C=O) groups excluding carboxylic acids is 4. The minimum Gasteiger partial charge on any atom is -0.491 e. The normalized spacial score (nSPS) is 16.2. The number of aliphatic hydroxyl groups excluding tert-OH is 1.